The fourth-order valence-corrected chi connectivity index (χ4v) is 2.69. The maximum atomic E-state index is 11.9. The number of amides is 1. The van der Waals surface area contributed by atoms with Gasteiger partial charge in [-0.25, -0.2) is 0 Å². The van der Waals surface area contributed by atoms with Crippen LogP contribution < -0.4 is 10.7 Å². The van der Waals surface area contributed by atoms with Crippen LogP contribution in [0.2, 0.25) is 0 Å². The molecule has 1 aromatic heterocycles. The number of rotatable bonds is 4. The summed E-state index contributed by atoms with van der Waals surface area (Å²) in [5.41, 5.74) is 0.612. The van der Waals surface area contributed by atoms with Crippen LogP contribution in [0.1, 0.15) is 35.3 Å². The molecule has 2 atom stereocenters. The Bertz CT molecular complexity index is 510. The summed E-state index contributed by atoms with van der Waals surface area (Å²) in [6.45, 7) is 2.47. The third-order valence-corrected chi connectivity index (χ3v) is 3.88. The van der Waals surface area contributed by atoms with Gasteiger partial charge in [0.1, 0.15) is 5.56 Å². The Labute approximate surface area is 112 Å². The number of aliphatic hydroxyl groups excluding tert-OH is 1. The van der Waals surface area contributed by atoms with E-state index in [1.807, 2.05) is 0 Å². The Balaban J connectivity index is 1.96. The predicted octanol–water partition coefficient (Wildman–Crippen LogP) is 0.822. The average molecular weight is 264 g/mol. The molecular formula is C14H20N2O3. The predicted molar refractivity (Wildman–Crippen MR) is 72.0 cm³/mol. The second-order valence-electron chi connectivity index (χ2n) is 5.24. The number of hydrogen-bond acceptors (Lipinski definition) is 3. The molecule has 1 aliphatic carbocycles. The fourth-order valence-electron chi connectivity index (χ4n) is 2.69. The molecule has 2 rings (SSSR count). The van der Waals surface area contributed by atoms with Crippen molar-refractivity contribution < 1.29 is 9.90 Å². The summed E-state index contributed by atoms with van der Waals surface area (Å²) in [6, 6.07) is 1.42. The molecule has 0 radical (unpaired) electrons. The molecule has 0 aliphatic heterocycles. The lowest BCUT2D eigenvalue weighted by molar-refractivity contribution is 0.0936. The highest BCUT2D eigenvalue weighted by Crippen LogP contribution is 2.30. The van der Waals surface area contributed by atoms with Crippen LogP contribution in [0.4, 0.5) is 0 Å². The van der Waals surface area contributed by atoms with Crippen molar-refractivity contribution in [3.63, 3.8) is 0 Å². The first-order valence-corrected chi connectivity index (χ1v) is 6.70. The van der Waals surface area contributed by atoms with Crippen molar-refractivity contribution in [3.05, 3.63) is 33.7 Å². The lowest BCUT2D eigenvalue weighted by Gasteiger charge is -2.17. The molecule has 104 valence electrons. The molecule has 2 unspecified atom stereocenters. The molecule has 5 nitrogen and oxygen atoms in total. The Morgan fingerprint density at radius 3 is 2.89 bits per heavy atom. The molecule has 1 fully saturated rings. The first kappa shape index (κ1) is 13.8. The molecule has 0 spiro atoms. The number of nitrogens with one attached hydrogen (secondary N) is 2. The van der Waals surface area contributed by atoms with Crippen LogP contribution in [0.3, 0.4) is 0 Å². The van der Waals surface area contributed by atoms with Gasteiger partial charge in [-0.05, 0) is 31.6 Å². The van der Waals surface area contributed by atoms with Crippen molar-refractivity contribution in [2.45, 2.75) is 26.2 Å². The summed E-state index contributed by atoms with van der Waals surface area (Å²) in [5, 5.41) is 12.0. The summed E-state index contributed by atoms with van der Waals surface area (Å²) in [5.74, 6) is 0.250. The highest BCUT2D eigenvalue weighted by Gasteiger charge is 2.27. The maximum Gasteiger partial charge on any atom is 0.256 e. The van der Waals surface area contributed by atoms with E-state index in [9.17, 15) is 14.7 Å². The normalized spacial score (nSPS) is 22.4. The highest BCUT2D eigenvalue weighted by molar-refractivity contribution is 5.93. The average Bonchev–Trinajstić information content (AvgIpc) is 2.83. The second-order valence-corrected chi connectivity index (χ2v) is 5.24. The molecule has 3 N–H and O–H groups in total. The van der Waals surface area contributed by atoms with Crippen LogP contribution in [-0.2, 0) is 0 Å². The Hall–Kier alpha value is -1.62. The topological polar surface area (TPSA) is 82.2 Å². The number of aliphatic hydroxyl groups is 1. The fraction of sp³-hybridized carbons (Fsp3) is 0.571. The molecular weight excluding hydrogens is 244 g/mol. The van der Waals surface area contributed by atoms with Crippen molar-refractivity contribution in [2.24, 2.45) is 11.8 Å². The number of carbonyl (C=O) groups is 1. The third kappa shape index (κ3) is 3.23. The Morgan fingerprint density at radius 1 is 1.47 bits per heavy atom. The first-order valence-electron chi connectivity index (χ1n) is 6.70. The van der Waals surface area contributed by atoms with E-state index in [0.717, 1.165) is 25.0 Å². The standard InChI is InChI=1S/C14H20N2O3/c1-9-5-13(18)12(7-15-9)14(19)16-6-10-3-2-4-11(10)8-17/h5,7,10-11,17H,2-4,6,8H2,1H3,(H,15,18)(H,16,19). The van der Waals surface area contributed by atoms with Crippen molar-refractivity contribution >= 4 is 5.91 Å². The lowest BCUT2D eigenvalue weighted by atomic mass is 9.97. The molecule has 0 saturated heterocycles. The van der Waals surface area contributed by atoms with Gasteiger partial charge in [-0.1, -0.05) is 6.42 Å². The quantitative estimate of drug-likeness (QED) is 0.753. The molecule has 1 aliphatic rings. The van der Waals surface area contributed by atoms with Crippen LogP contribution in [0, 0.1) is 18.8 Å². The first-order chi connectivity index (χ1) is 9.11. The van der Waals surface area contributed by atoms with Gasteiger partial charge in [0, 0.05) is 31.1 Å². The van der Waals surface area contributed by atoms with E-state index in [2.05, 4.69) is 10.3 Å². The van der Waals surface area contributed by atoms with E-state index in [1.165, 1.54) is 12.3 Å². The number of pyridine rings is 1. The van der Waals surface area contributed by atoms with Crippen LogP contribution in [0.25, 0.3) is 0 Å². The second kappa shape index (κ2) is 6.02. The summed E-state index contributed by atoms with van der Waals surface area (Å²) < 4.78 is 0. The van der Waals surface area contributed by atoms with Crippen LogP contribution >= 0.6 is 0 Å². The molecule has 1 aromatic rings. The van der Waals surface area contributed by atoms with E-state index in [1.54, 1.807) is 6.92 Å². The molecule has 1 heterocycles. The maximum absolute atomic E-state index is 11.9. The number of aromatic nitrogens is 1. The van der Waals surface area contributed by atoms with E-state index in [-0.39, 0.29) is 29.4 Å². The Morgan fingerprint density at radius 2 is 2.21 bits per heavy atom. The van der Waals surface area contributed by atoms with E-state index in [0.29, 0.717) is 12.5 Å². The minimum atomic E-state index is -0.343. The SMILES string of the molecule is Cc1cc(=O)c(C(=O)NCC2CCCC2CO)c[nH]1. The largest absolute Gasteiger partial charge is 0.396 e. The third-order valence-electron chi connectivity index (χ3n) is 3.88. The molecule has 1 saturated carbocycles. The smallest absolute Gasteiger partial charge is 0.256 e. The van der Waals surface area contributed by atoms with Gasteiger partial charge in [-0.3, -0.25) is 9.59 Å². The van der Waals surface area contributed by atoms with Gasteiger partial charge in [-0.2, -0.15) is 0 Å². The number of carbonyl (C=O) groups excluding carboxylic acids is 1. The molecule has 0 bridgehead atoms. The zero-order chi connectivity index (χ0) is 13.8. The van der Waals surface area contributed by atoms with Crippen LogP contribution in [0.15, 0.2) is 17.1 Å². The van der Waals surface area contributed by atoms with E-state index in [4.69, 9.17) is 0 Å². The zero-order valence-electron chi connectivity index (χ0n) is 11.1. The van der Waals surface area contributed by atoms with Gasteiger partial charge in [0.05, 0.1) is 0 Å². The number of aryl methyl sites for hydroxylation is 1. The number of aromatic amines is 1. The minimum absolute atomic E-state index is 0.143. The van der Waals surface area contributed by atoms with Gasteiger partial charge >= 0.3 is 0 Å². The van der Waals surface area contributed by atoms with Crippen molar-refractivity contribution in [1.82, 2.24) is 10.3 Å². The van der Waals surface area contributed by atoms with Gasteiger partial charge in [0.2, 0.25) is 0 Å². The molecule has 0 aromatic carbocycles. The number of hydrogen-bond donors (Lipinski definition) is 3. The van der Waals surface area contributed by atoms with Gasteiger partial charge in [0.25, 0.3) is 5.91 Å². The van der Waals surface area contributed by atoms with Gasteiger partial charge < -0.3 is 15.4 Å². The summed E-state index contributed by atoms with van der Waals surface area (Å²) in [4.78, 5) is 26.5. The van der Waals surface area contributed by atoms with Crippen molar-refractivity contribution in [1.29, 1.82) is 0 Å². The van der Waals surface area contributed by atoms with E-state index < -0.39 is 0 Å². The van der Waals surface area contributed by atoms with E-state index >= 15 is 0 Å². The van der Waals surface area contributed by atoms with Crippen molar-refractivity contribution in [3.8, 4) is 0 Å². The summed E-state index contributed by atoms with van der Waals surface area (Å²) in [7, 11) is 0. The lowest BCUT2D eigenvalue weighted by Crippen LogP contribution is -2.34. The van der Waals surface area contributed by atoms with Crippen LogP contribution in [0.5, 0.6) is 0 Å². The zero-order valence-corrected chi connectivity index (χ0v) is 11.1. The van der Waals surface area contributed by atoms with Crippen molar-refractivity contribution in [2.75, 3.05) is 13.2 Å². The molecule has 5 heteroatoms. The minimum Gasteiger partial charge on any atom is -0.396 e. The monoisotopic (exact) mass is 264 g/mol. The number of H-pyrrole nitrogens is 1. The summed E-state index contributed by atoms with van der Waals surface area (Å²) in [6.07, 6.45) is 4.58. The van der Waals surface area contributed by atoms with Gasteiger partial charge in [-0.15, -0.1) is 0 Å². The molecule has 1 amide bonds. The highest BCUT2D eigenvalue weighted by atomic mass is 16.3. The van der Waals surface area contributed by atoms with Gasteiger partial charge in [0.15, 0.2) is 5.43 Å². The Kier molecular flexibility index (Phi) is 4.37. The molecule has 19 heavy (non-hydrogen) atoms. The van der Waals surface area contributed by atoms with Crippen LogP contribution in [-0.4, -0.2) is 29.1 Å². The summed E-state index contributed by atoms with van der Waals surface area (Å²) >= 11 is 0.